The number of benzene rings is 2. The maximum atomic E-state index is 12.8. The Hall–Kier alpha value is -2.28. The second-order valence-corrected chi connectivity index (χ2v) is 7.75. The quantitative estimate of drug-likeness (QED) is 0.695. The van der Waals surface area contributed by atoms with Crippen molar-refractivity contribution >= 4 is 52.6 Å². The molecule has 0 unspecified atom stereocenters. The van der Waals surface area contributed by atoms with Crippen LogP contribution < -0.4 is 10.6 Å². The highest BCUT2D eigenvalue weighted by molar-refractivity contribution is 6.35. The number of rotatable bonds is 5. The van der Waals surface area contributed by atoms with Gasteiger partial charge in [0.1, 0.15) is 12.1 Å². The van der Waals surface area contributed by atoms with Gasteiger partial charge in [-0.1, -0.05) is 53.0 Å². The predicted molar refractivity (Wildman–Crippen MR) is 107 cm³/mol. The summed E-state index contributed by atoms with van der Waals surface area (Å²) in [6, 6.07) is 10.9. The molecule has 0 radical (unpaired) electrons. The minimum atomic E-state index is -1.26. The van der Waals surface area contributed by atoms with E-state index in [0.717, 1.165) is 4.90 Å². The Morgan fingerprint density at radius 2 is 1.71 bits per heavy atom. The van der Waals surface area contributed by atoms with Crippen molar-refractivity contribution in [3.05, 3.63) is 68.7 Å². The van der Waals surface area contributed by atoms with Gasteiger partial charge in [0.25, 0.3) is 5.91 Å². The van der Waals surface area contributed by atoms with Crippen molar-refractivity contribution in [2.45, 2.75) is 19.0 Å². The summed E-state index contributed by atoms with van der Waals surface area (Å²) < 4.78 is 0. The highest BCUT2D eigenvalue weighted by Gasteiger charge is 2.49. The van der Waals surface area contributed by atoms with E-state index in [0.29, 0.717) is 26.2 Å². The molecule has 146 valence electrons. The van der Waals surface area contributed by atoms with Crippen LogP contribution in [0.3, 0.4) is 0 Å². The van der Waals surface area contributed by atoms with E-state index in [1.165, 1.54) is 0 Å². The van der Waals surface area contributed by atoms with Crippen molar-refractivity contribution < 1.29 is 14.4 Å². The third-order valence-corrected chi connectivity index (χ3v) is 5.33. The SMILES string of the molecule is C[C@@]1(c2ccc(Cl)cc2)NC(=O)N(CC(=O)NCc2ccc(Cl)cc2Cl)C1=O. The molecule has 2 aromatic carbocycles. The minimum absolute atomic E-state index is 0.146. The van der Waals surface area contributed by atoms with Gasteiger partial charge in [-0.3, -0.25) is 14.5 Å². The summed E-state index contributed by atoms with van der Waals surface area (Å²) in [5, 5.41) is 6.70. The van der Waals surface area contributed by atoms with Gasteiger partial charge < -0.3 is 10.6 Å². The van der Waals surface area contributed by atoms with Crippen LogP contribution in [-0.2, 0) is 21.7 Å². The Labute approximate surface area is 176 Å². The van der Waals surface area contributed by atoms with E-state index in [1.807, 2.05) is 0 Å². The van der Waals surface area contributed by atoms with Crippen molar-refractivity contribution in [2.75, 3.05) is 6.54 Å². The molecule has 1 atom stereocenters. The van der Waals surface area contributed by atoms with E-state index in [-0.39, 0.29) is 6.54 Å². The fourth-order valence-corrected chi connectivity index (χ4v) is 3.48. The Balaban J connectivity index is 1.66. The smallest absolute Gasteiger partial charge is 0.325 e. The van der Waals surface area contributed by atoms with E-state index in [1.54, 1.807) is 49.4 Å². The van der Waals surface area contributed by atoms with Gasteiger partial charge in [-0.2, -0.15) is 0 Å². The number of carbonyl (C=O) groups excluding carboxylic acids is 3. The molecule has 0 aliphatic carbocycles. The van der Waals surface area contributed by atoms with Gasteiger partial charge in [0.15, 0.2) is 0 Å². The molecule has 3 rings (SSSR count). The van der Waals surface area contributed by atoms with Crippen LogP contribution in [0.25, 0.3) is 0 Å². The van der Waals surface area contributed by atoms with E-state index in [2.05, 4.69) is 10.6 Å². The summed E-state index contributed by atoms with van der Waals surface area (Å²) in [4.78, 5) is 38.3. The number of hydrogen-bond donors (Lipinski definition) is 2. The van der Waals surface area contributed by atoms with Crippen LogP contribution in [0, 0.1) is 0 Å². The summed E-state index contributed by atoms with van der Waals surface area (Å²) in [7, 11) is 0. The first-order valence-electron chi connectivity index (χ1n) is 8.31. The zero-order valence-electron chi connectivity index (χ0n) is 14.8. The van der Waals surface area contributed by atoms with Crippen LogP contribution in [-0.4, -0.2) is 29.3 Å². The number of carbonyl (C=O) groups is 3. The molecule has 1 fully saturated rings. The maximum absolute atomic E-state index is 12.8. The van der Waals surface area contributed by atoms with Crippen molar-refractivity contribution in [2.24, 2.45) is 0 Å². The topological polar surface area (TPSA) is 78.5 Å². The highest BCUT2D eigenvalue weighted by Crippen LogP contribution is 2.29. The number of halogens is 3. The summed E-state index contributed by atoms with van der Waals surface area (Å²) in [6.45, 7) is 1.33. The van der Waals surface area contributed by atoms with Gasteiger partial charge >= 0.3 is 6.03 Å². The number of hydrogen-bond acceptors (Lipinski definition) is 3. The van der Waals surface area contributed by atoms with Crippen LogP contribution in [0.4, 0.5) is 4.79 Å². The summed E-state index contributed by atoms with van der Waals surface area (Å²) in [5.41, 5.74) is -0.0183. The predicted octanol–water partition coefficient (Wildman–Crippen LogP) is 3.73. The van der Waals surface area contributed by atoms with Crippen molar-refractivity contribution in [1.29, 1.82) is 0 Å². The average molecular weight is 441 g/mol. The molecular weight excluding hydrogens is 425 g/mol. The summed E-state index contributed by atoms with van der Waals surface area (Å²) >= 11 is 17.8. The Morgan fingerprint density at radius 1 is 1.07 bits per heavy atom. The second kappa shape index (κ2) is 7.99. The van der Waals surface area contributed by atoms with E-state index < -0.39 is 29.9 Å². The minimum Gasteiger partial charge on any atom is -0.350 e. The lowest BCUT2D eigenvalue weighted by Gasteiger charge is -2.22. The van der Waals surface area contributed by atoms with Gasteiger partial charge in [-0.15, -0.1) is 0 Å². The molecule has 2 aromatic rings. The zero-order chi connectivity index (χ0) is 20.5. The average Bonchev–Trinajstić information content (AvgIpc) is 2.85. The fourth-order valence-electron chi connectivity index (χ4n) is 2.88. The van der Waals surface area contributed by atoms with Crippen LogP contribution in [0.1, 0.15) is 18.1 Å². The third kappa shape index (κ3) is 4.09. The van der Waals surface area contributed by atoms with E-state index in [9.17, 15) is 14.4 Å². The van der Waals surface area contributed by atoms with Gasteiger partial charge in [0, 0.05) is 21.6 Å². The Bertz CT molecular complexity index is 949. The molecule has 0 spiro atoms. The lowest BCUT2D eigenvalue weighted by atomic mass is 9.92. The maximum Gasteiger partial charge on any atom is 0.325 e. The standard InChI is InChI=1S/C19H16Cl3N3O3/c1-19(12-3-6-13(20)7-4-12)17(27)25(18(28)24-19)10-16(26)23-9-11-2-5-14(21)8-15(11)22/h2-8H,9-10H2,1H3,(H,23,26)(H,24,28)/t19-/m0/s1. The molecule has 4 amide bonds. The van der Waals surface area contributed by atoms with Crippen molar-refractivity contribution in [1.82, 2.24) is 15.5 Å². The molecule has 1 aliphatic heterocycles. The Morgan fingerprint density at radius 3 is 2.36 bits per heavy atom. The van der Waals surface area contributed by atoms with Crippen LogP contribution in [0.2, 0.25) is 15.1 Å². The summed E-state index contributed by atoms with van der Waals surface area (Å²) in [5.74, 6) is -1.01. The van der Waals surface area contributed by atoms with Gasteiger partial charge in [0.05, 0.1) is 0 Å². The molecular formula is C19H16Cl3N3O3. The normalized spacial score (nSPS) is 18.9. The zero-order valence-corrected chi connectivity index (χ0v) is 17.0. The molecule has 6 nitrogen and oxygen atoms in total. The molecule has 0 aromatic heterocycles. The largest absolute Gasteiger partial charge is 0.350 e. The van der Waals surface area contributed by atoms with Crippen molar-refractivity contribution in [3.8, 4) is 0 Å². The molecule has 28 heavy (non-hydrogen) atoms. The fraction of sp³-hybridized carbons (Fsp3) is 0.211. The number of nitrogens with one attached hydrogen (secondary N) is 2. The number of nitrogens with zero attached hydrogens (tertiary/aromatic N) is 1. The van der Waals surface area contributed by atoms with Crippen LogP contribution in [0.5, 0.6) is 0 Å². The van der Waals surface area contributed by atoms with Gasteiger partial charge in [-0.05, 0) is 42.3 Å². The molecule has 0 saturated carbocycles. The number of amides is 4. The highest BCUT2D eigenvalue weighted by atomic mass is 35.5. The van der Waals surface area contributed by atoms with Gasteiger partial charge in [-0.25, -0.2) is 4.79 Å². The second-order valence-electron chi connectivity index (χ2n) is 6.47. The lowest BCUT2D eigenvalue weighted by Crippen LogP contribution is -2.43. The molecule has 2 N–H and O–H groups in total. The molecule has 9 heteroatoms. The molecule has 1 saturated heterocycles. The van der Waals surface area contributed by atoms with Crippen LogP contribution in [0.15, 0.2) is 42.5 Å². The third-order valence-electron chi connectivity index (χ3n) is 4.49. The summed E-state index contributed by atoms with van der Waals surface area (Å²) in [6.07, 6.45) is 0. The lowest BCUT2D eigenvalue weighted by molar-refractivity contribution is -0.134. The Kier molecular flexibility index (Phi) is 5.84. The number of urea groups is 1. The first-order valence-corrected chi connectivity index (χ1v) is 9.45. The van der Waals surface area contributed by atoms with E-state index >= 15 is 0 Å². The van der Waals surface area contributed by atoms with Crippen LogP contribution >= 0.6 is 34.8 Å². The molecule has 1 heterocycles. The van der Waals surface area contributed by atoms with E-state index in [4.69, 9.17) is 34.8 Å². The molecule has 1 aliphatic rings. The number of imide groups is 1. The monoisotopic (exact) mass is 439 g/mol. The first kappa shape index (κ1) is 20.5. The first-order chi connectivity index (χ1) is 13.2. The van der Waals surface area contributed by atoms with Gasteiger partial charge in [0.2, 0.25) is 5.91 Å². The van der Waals surface area contributed by atoms with Crippen molar-refractivity contribution in [3.63, 3.8) is 0 Å². The molecule has 0 bridgehead atoms.